The molecular formula is C14H20N6O2S. The second-order valence-corrected chi connectivity index (χ2v) is 7.13. The molecule has 1 aliphatic heterocycles. The lowest BCUT2D eigenvalue weighted by Gasteiger charge is -2.20. The van der Waals surface area contributed by atoms with Crippen molar-refractivity contribution >= 4 is 22.4 Å². The van der Waals surface area contributed by atoms with Crippen LogP contribution in [-0.2, 0) is 4.79 Å². The molecule has 1 fully saturated rings. The average molecular weight is 336 g/mol. The lowest BCUT2D eigenvalue weighted by Crippen LogP contribution is -2.33. The molecule has 3 rings (SSSR count). The van der Waals surface area contributed by atoms with E-state index in [9.17, 15) is 4.79 Å². The van der Waals surface area contributed by atoms with Gasteiger partial charge in [-0.2, -0.15) is 4.98 Å². The number of hydrogen-bond acceptors (Lipinski definition) is 8. The van der Waals surface area contributed by atoms with Crippen molar-refractivity contribution in [2.45, 2.75) is 45.6 Å². The normalized spacial score (nSPS) is 18.7. The van der Waals surface area contributed by atoms with Crippen LogP contribution in [0, 0.1) is 6.92 Å². The van der Waals surface area contributed by atoms with Gasteiger partial charge in [-0.05, 0) is 26.3 Å². The fourth-order valence-electron chi connectivity index (χ4n) is 2.62. The number of nitrogens with zero attached hydrogens (tertiary/aromatic N) is 5. The standard InChI is InChI=1S/C14H20N6O2S/c1-8(2)13-16-12(19-22-13)10-5-4-6-20(10)7-11(21)15-14-18-17-9(3)23-14/h8,10H,4-7H2,1-3H3,(H,15,18,21)/t10-/m1/s1. The molecule has 0 aliphatic carbocycles. The molecular weight excluding hydrogens is 316 g/mol. The Morgan fingerprint density at radius 3 is 2.96 bits per heavy atom. The second kappa shape index (κ2) is 6.71. The molecule has 23 heavy (non-hydrogen) atoms. The van der Waals surface area contributed by atoms with Crippen LogP contribution in [0.2, 0.25) is 0 Å². The molecule has 9 heteroatoms. The SMILES string of the molecule is Cc1nnc(NC(=O)CN2CCC[C@@H]2c2noc(C(C)C)n2)s1. The molecule has 2 aromatic heterocycles. The van der Waals surface area contributed by atoms with Crippen LogP contribution in [0.3, 0.4) is 0 Å². The van der Waals surface area contributed by atoms with Crippen molar-refractivity contribution in [3.63, 3.8) is 0 Å². The van der Waals surface area contributed by atoms with E-state index in [0.29, 0.717) is 16.8 Å². The number of nitrogens with one attached hydrogen (secondary N) is 1. The van der Waals surface area contributed by atoms with Gasteiger partial charge in [0.25, 0.3) is 0 Å². The molecule has 0 saturated carbocycles. The monoisotopic (exact) mass is 336 g/mol. The maximum Gasteiger partial charge on any atom is 0.240 e. The van der Waals surface area contributed by atoms with Crippen LogP contribution < -0.4 is 5.32 Å². The number of aromatic nitrogens is 4. The molecule has 1 saturated heterocycles. The molecule has 1 amide bonds. The third-order valence-corrected chi connectivity index (χ3v) is 4.49. The highest BCUT2D eigenvalue weighted by molar-refractivity contribution is 7.15. The van der Waals surface area contributed by atoms with Crippen LogP contribution in [0.15, 0.2) is 4.52 Å². The van der Waals surface area contributed by atoms with Crippen molar-refractivity contribution < 1.29 is 9.32 Å². The molecule has 0 aromatic carbocycles. The van der Waals surface area contributed by atoms with Gasteiger partial charge >= 0.3 is 0 Å². The van der Waals surface area contributed by atoms with Gasteiger partial charge in [0.1, 0.15) is 5.01 Å². The second-order valence-electron chi connectivity index (χ2n) is 5.95. The van der Waals surface area contributed by atoms with E-state index in [-0.39, 0.29) is 24.4 Å². The molecule has 1 atom stereocenters. The Balaban J connectivity index is 1.63. The van der Waals surface area contributed by atoms with Crippen molar-refractivity contribution in [2.24, 2.45) is 0 Å². The van der Waals surface area contributed by atoms with Crippen molar-refractivity contribution in [3.8, 4) is 0 Å². The zero-order valence-electron chi connectivity index (χ0n) is 13.4. The lowest BCUT2D eigenvalue weighted by molar-refractivity contribution is -0.117. The van der Waals surface area contributed by atoms with E-state index in [1.807, 2.05) is 20.8 Å². The Hall–Kier alpha value is -1.87. The van der Waals surface area contributed by atoms with Crippen LogP contribution in [0.5, 0.6) is 0 Å². The van der Waals surface area contributed by atoms with Gasteiger partial charge in [-0.1, -0.05) is 30.3 Å². The first-order valence-corrected chi connectivity index (χ1v) is 8.52. The lowest BCUT2D eigenvalue weighted by atomic mass is 10.2. The predicted molar refractivity (Wildman–Crippen MR) is 85.2 cm³/mol. The fraction of sp³-hybridized carbons (Fsp3) is 0.643. The molecule has 1 N–H and O–H groups in total. The highest BCUT2D eigenvalue weighted by Crippen LogP contribution is 2.30. The summed E-state index contributed by atoms with van der Waals surface area (Å²) >= 11 is 1.37. The van der Waals surface area contributed by atoms with Crippen molar-refractivity contribution in [1.29, 1.82) is 0 Å². The molecule has 1 aliphatic rings. The van der Waals surface area contributed by atoms with Gasteiger partial charge in [-0.3, -0.25) is 15.0 Å². The first kappa shape index (κ1) is 16.0. The Kier molecular flexibility index (Phi) is 4.67. The van der Waals surface area contributed by atoms with Crippen LogP contribution in [0.4, 0.5) is 5.13 Å². The number of carbonyl (C=O) groups excluding carboxylic acids is 1. The summed E-state index contributed by atoms with van der Waals surface area (Å²) in [4.78, 5) is 18.7. The third kappa shape index (κ3) is 3.73. The van der Waals surface area contributed by atoms with E-state index in [1.54, 1.807) is 0 Å². The van der Waals surface area contributed by atoms with Crippen LogP contribution in [0.25, 0.3) is 0 Å². The molecule has 2 aromatic rings. The first-order valence-electron chi connectivity index (χ1n) is 7.70. The number of anilines is 1. The summed E-state index contributed by atoms with van der Waals surface area (Å²) in [6.07, 6.45) is 1.95. The zero-order valence-corrected chi connectivity index (χ0v) is 14.3. The summed E-state index contributed by atoms with van der Waals surface area (Å²) in [5.74, 6) is 1.42. The highest BCUT2D eigenvalue weighted by Gasteiger charge is 2.31. The fourth-order valence-corrected chi connectivity index (χ4v) is 3.22. The number of carbonyl (C=O) groups is 1. The molecule has 0 radical (unpaired) electrons. The van der Waals surface area contributed by atoms with Gasteiger partial charge in [0, 0.05) is 5.92 Å². The maximum absolute atomic E-state index is 12.2. The maximum atomic E-state index is 12.2. The molecule has 0 bridgehead atoms. The minimum Gasteiger partial charge on any atom is -0.339 e. The van der Waals surface area contributed by atoms with Gasteiger partial charge in [-0.15, -0.1) is 10.2 Å². The van der Waals surface area contributed by atoms with Gasteiger partial charge in [0.05, 0.1) is 12.6 Å². The summed E-state index contributed by atoms with van der Waals surface area (Å²) in [7, 11) is 0. The van der Waals surface area contributed by atoms with Crippen LogP contribution in [0.1, 0.15) is 55.4 Å². The summed E-state index contributed by atoms with van der Waals surface area (Å²) in [5, 5.41) is 16.0. The average Bonchev–Trinajstić information content (AvgIpc) is 3.19. The number of aryl methyl sites for hydroxylation is 1. The zero-order chi connectivity index (χ0) is 16.4. The van der Waals surface area contributed by atoms with Crippen molar-refractivity contribution in [3.05, 3.63) is 16.7 Å². The number of hydrogen-bond donors (Lipinski definition) is 1. The summed E-state index contributed by atoms with van der Waals surface area (Å²) in [5.41, 5.74) is 0. The minimum absolute atomic E-state index is 0.0353. The quantitative estimate of drug-likeness (QED) is 0.893. The molecule has 0 unspecified atom stereocenters. The minimum atomic E-state index is -0.0966. The van der Waals surface area contributed by atoms with E-state index in [0.717, 1.165) is 24.4 Å². The Morgan fingerprint density at radius 2 is 2.30 bits per heavy atom. The van der Waals surface area contributed by atoms with Crippen molar-refractivity contribution in [2.75, 3.05) is 18.4 Å². The smallest absolute Gasteiger partial charge is 0.240 e. The third-order valence-electron chi connectivity index (χ3n) is 3.73. The van der Waals surface area contributed by atoms with E-state index < -0.39 is 0 Å². The molecule has 0 spiro atoms. The highest BCUT2D eigenvalue weighted by atomic mass is 32.1. The summed E-state index contributed by atoms with van der Waals surface area (Å²) in [6.45, 7) is 7.02. The number of rotatable bonds is 5. The van der Waals surface area contributed by atoms with Gasteiger partial charge in [-0.25, -0.2) is 0 Å². The van der Waals surface area contributed by atoms with E-state index in [1.165, 1.54) is 11.3 Å². The Bertz CT molecular complexity index is 682. The van der Waals surface area contributed by atoms with Crippen molar-refractivity contribution in [1.82, 2.24) is 25.2 Å². The van der Waals surface area contributed by atoms with E-state index >= 15 is 0 Å². The first-order chi connectivity index (χ1) is 11.0. The number of amides is 1. The molecule has 8 nitrogen and oxygen atoms in total. The summed E-state index contributed by atoms with van der Waals surface area (Å²) < 4.78 is 5.29. The van der Waals surface area contributed by atoms with E-state index in [2.05, 4.69) is 30.6 Å². The molecule has 3 heterocycles. The molecule has 124 valence electrons. The predicted octanol–water partition coefficient (Wildman–Crippen LogP) is 2.13. The van der Waals surface area contributed by atoms with Crippen LogP contribution >= 0.6 is 11.3 Å². The van der Waals surface area contributed by atoms with Gasteiger partial charge < -0.3 is 4.52 Å². The number of likely N-dealkylation sites (tertiary alicyclic amines) is 1. The Labute approximate surface area is 138 Å². The topological polar surface area (TPSA) is 97.0 Å². The summed E-state index contributed by atoms with van der Waals surface area (Å²) in [6, 6.07) is 0.0353. The van der Waals surface area contributed by atoms with Crippen LogP contribution in [-0.4, -0.2) is 44.2 Å². The van der Waals surface area contributed by atoms with Gasteiger partial charge in [0.15, 0.2) is 5.82 Å². The van der Waals surface area contributed by atoms with Gasteiger partial charge in [0.2, 0.25) is 16.9 Å². The Morgan fingerprint density at radius 1 is 1.48 bits per heavy atom. The largest absolute Gasteiger partial charge is 0.339 e. The van der Waals surface area contributed by atoms with E-state index in [4.69, 9.17) is 4.52 Å².